The maximum absolute atomic E-state index is 4.97. The Morgan fingerprint density at radius 3 is 2.87 bits per heavy atom. The minimum atomic E-state index is 0.418. The Morgan fingerprint density at radius 1 is 1.22 bits per heavy atom. The number of hydrogen-bond donors (Lipinski definition) is 0. The second-order valence-corrected chi connectivity index (χ2v) is 6.98. The first-order valence-corrected chi connectivity index (χ1v) is 9.04. The minimum absolute atomic E-state index is 0.418. The number of imidazole rings is 1. The molecule has 23 heavy (non-hydrogen) atoms. The van der Waals surface area contributed by atoms with E-state index in [0.29, 0.717) is 12.2 Å². The van der Waals surface area contributed by atoms with Crippen molar-refractivity contribution in [3.05, 3.63) is 24.2 Å². The van der Waals surface area contributed by atoms with E-state index in [1.54, 1.807) is 0 Å². The Labute approximate surface area is 138 Å². The summed E-state index contributed by atoms with van der Waals surface area (Å²) in [6.45, 7) is 5.82. The van der Waals surface area contributed by atoms with Gasteiger partial charge >= 0.3 is 0 Å². The van der Waals surface area contributed by atoms with Gasteiger partial charge in [-0.25, -0.2) is 9.97 Å². The van der Waals surface area contributed by atoms with Crippen molar-refractivity contribution < 1.29 is 0 Å². The molecule has 2 atom stereocenters. The SMILES string of the molecule is CCN1CCCC1Cc1nc2cccnc2n1C1CCCN1C. The maximum atomic E-state index is 4.97. The third kappa shape index (κ3) is 2.66. The van der Waals surface area contributed by atoms with Crippen molar-refractivity contribution in [2.75, 3.05) is 26.7 Å². The molecule has 0 aromatic carbocycles. The van der Waals surface area contributed by atoms with Gasteiger partial charge in [-0.2, -0.15) is 0 Å². The lowest BCUT2D eigenvalue weighted by molar-refractivity contribution is 0.226. The van der Waals surface area contributed by atoms with E-state index in [9.17, 15) is 0 Å². The zero-order valence-electron chi connectivity index (χ0n) is 14.3. The molecule has 0 radical (unpaired) electrons. The summed E-state index contributed by atoms with van der Waals surface area (Å²) in [4.78, 5) is 14.7. The minimum Gasteiger partial charge on any atom is -0.300 e. The zero-order valence-corrected chi connectivity index (χ0v) is 14.3. The highest BCUT2D eigenvalue weighted by molar-refractivity contribution is 5.71. The van der Waals surface area contributed by atoms with Crippen LogP contribution in [-0.2, 0) is 6.42 Å². The van der Waals surface area contributed by atoms with Gasteiger partial charge in [0.05, 0.1) is 6.17 Å². The molecule has 5 nitrogen and oxygen atoms in total. The molecule has 2 saturated heterocycles. The normalized spacial score (nSPS) is 26.5. The monoisotopic (exact) mass is 313 g/mol. The number of pyridine rings is 1. The quantitative estimate of drug-likeness (QED) is 0.870. The molecule has 2 aliphatic rings. The highest BCUT2D eigenvalue weighted by Crippen LogP contribution is 2.31. The van der Waals surface area contributed by atoms with Gasteiger partial charge < -0.3 is 4.90 Å². The average Bonchev–Trinajstić information content (AvgIpc) is 3.25. The summed E-state index contributed by atoms with van der Waals surface area (Å²) in [6, 6.07) is 4.74. The Bertz CT molecular complexity index is 679. The lowest BCUT2D eigenvalue weighted by Gasteiger charge is -2.26. The topological polar surface area (TPSA) is 37.2 Å². The molecule has 4 heterocycles. The number of nitrogens with zero attached hydrogens (tertiary/aromatic N) is 5. The number of rotatable bonds is 4. The van der Waals surface area contributed by atoms with Crippen LogP contribution in [0.2, 0.25) is 0 Å². The molecule has 5 heteroatoms. The Hall–Kier alpha value is -1.46. The van der Waals surface area contributed by atoms with E-state index >= 15 is 0 Å². The van der Waals surface area contributed by atoms with Crippen LogP contribution in [0, 0.1) is 0 Å². The van der Waals surface area contributed by atoms with E-state index in [4.69, 9.17) is 4.98 Å². The second-order valence-electron chi connectivity index (χ2n) is 6.98. The first-order valence-electron chi connectivity index (χ1n) is 9.04. The summed E-state index contributed by atoms with van der Waals surface area (Å²) in [5.74, 6) is 1.22. The lowest BCUT2D eigenvalue weighted by Crippen LogP contribution is -2.33. The fourth-order valence-electron chi connectivity index (χ4n) is 4.41. The summed E-state index contributed by atoms with van der Waals surface area (Å²) >= 11 is 0. The van der Waals surface area contributed by atoms with Crippen molar-refractivity contribution >= 4 is 11.2 Å². The second kappa shape index (κ2) is 6.21. The predicted molar refractivity (Wildman–Crippen MR) is 92.4 cm³/mol. The summed E-state index contributed by atoms with van der Waals surface area (Å²) in [5.41, 5.74) is 2.10. The van der Waals surface area contributed by atoms with Crippen LogP contribution in [0.1, 0.15) is 44.6 Å². The number of aromatic nitrogens is 3. The van der Waals surface area contributed by atoms with Gasteiger partial charge in [0, 0.05) is 18.7 Å². The summed E-state index contributed by atoms with van der Waals surface area (Å²) < 4.78 is 2.43. The smallest absolute Gasteiger partial charge is 0.161 e. The van der Waals surface area contributed by atoms with Gasteiger partial charge in [-0.15, -0.1) is 0 Å². The van der Waals surface area contributed by atoms with Crippen LogP contribution >= 0.6 is 0 Å². The number of hydrogen-bond acceptors (Lipinski definition) is 4. The van der Waals surface area contributed by atoms with Gasteiger partial charge in [-0.05, 0) is 64.5 Å². The molecule has 0 N–H and O–H groups in total. The fraction of sp³-hybridized carbons (Fsp3) is 0.667. The molecule has 0 aliphatic carbocycles. The van der Waals surface area contributed by atoms with Crippen LogP contribution in [0.25, 0.3) is 11.2 Å². The molecule has 0 amide bonds. The fourth-order valence-corrected chi connectivity index (χ4v) is 4.41. The molecule has 4 rings (SSSR count). The molecule has 0 saturated carbocycles. The van der Waals surface area contributed by atoms with E-state index in [1.165, 1.54) is 44.6 Å². The molecule has 2 aromatic heterocycles. The van der Waals surface area contributed by atoms with Crippen LogP contribution in [-0.4, -0.2) is 57.1 Å². The van der Waals surface area contributed by atoms with Crippen LogP contribution in [0.15, 0.2) is 18.3 Å². The summed E-state index contributed by atoms with van der Waals surface area (Å²) in [5, 5.41) is 0. The third-order valence-electron chi connectivity index (χ3n) is 5.63. The number of likely N-dealkylation sites (N-methyl/N-ethyl adjacent to an activating group) is 1. The van der Waals surface area contributed by atoms with Crippen LogP contribution in [0.3, 0.4) is 0 Å². The maximum Gasteiger partial charge on any atom is 0.161 e. The first kappa shape index (κ1) is 15.1. The van der Waals surface area contributed by atoms with Crippen LogP contribution < -0.4 is 0 Å². The third-order valence-corrected chi connectivity index (χ3v) is 5.63. The first-order chi connectivity index (χ1) is 11.3. The van der Waals surface area contributed by atoms with Crippen LogP contribution in [0.4, 0.5) is 0 Å². The molecule has 2 aliphatic heterocycles. The van der Waals surface area contributed by atoms with Crippen molar-refractivity contribution in [1.82, 2.24) is 24.3 Å². The van der Waals surface area contributed by atoms with E-state index in [1.807, 2.05) is 12.3 Å². The van der Waals surface area contributed by atoms with Gasteiger partial charge in [0.15, 0.2) is 5.65 Å². The molecule has 2 aromatic rings. The van der Waals surface area contributed by atoms with Crippen molar-refractivity contribution in [2.24, 2.45) is 0 Å². The van der Waals surface area contributed by atoms with Gasteiger partial charge in [0.2, 0.25) is 0 Å². The average molecular weight is 313 g/mol. The van der Waals surface area contributed by atoms with Gasteiger partial charge in [-0.1, -0.05) is 6.92 Å². The standard InChI is InChI=1S/C18H27N5/c1-3-22-12-5-7-14(22)13-16-20-15-8-4-10-19-18(15)23(16)17-9-6-11-21(17)2/h4,8,10,14,17H,3,5-7,9,11-13H2,1-2H3. The largest absolute Gasteiger partial charge is 0.300 e. The summed E-state index contributed by atoms with van der Waals surface area (Å²) in [7, 11) is 2.23. The molecular formula is C18H27N5. The molecule has 2 unspecified atom stereocenters. The molecule has 124 valence electrons. The van der Waals surface area contributed by atoms with Crippen molar-refractivity contribution in [3.8, 4) is 0 Å². The van der Waals surface area contributed by atoms with E-state index in [2.05, 4.69) is 39.4 Å². The Morgan fingerprint density at radius 2 is 2.09 bits per heavy atom. The van der Waals surface area contributed by atoms with Crippen molar-refractivity contribution in [1.29, 1.82) is 0 Å². The summed E-state index contributed by atoms with van der Waals surface area (Å²) in [6.07, 6.45) is 8.44. The Balaban J connectivity index is 1.73. The van der Waals surface area contributed by atoms with Gasteiger partial charge in [0.25, 0.3) is 0 Å². The number of fused-ring (bicyclic) bond motifs is 1. The van der Waals surface area contributed by atoms with E-state index in [-0.39, 0.29) is 0 Å². The lowest BCUT2D eigenvalue weighted by atomic mass is 10.1. The molecular weight excluding hydrogens is 286 g/mol. The highest BCUT2D eigenvalue weighted by atomic mass is 15.3. The predicted octanol–water partition coefficient (Wildman–Crippen LogP) is 2.68. The number of likely N-dealkylation sites (tertiary alicyclic amines) is 2. The molecule has 2 fully saturated rings. The van der Waals surface area contributed by atoms with Crippen LogP contribution in [0.5, 0.6) is 0 Å². The van der Waals surface area contributed by atoms with Crippen molar-refractivity contribution in [3.63, 3.8) is 0 Å². The molecule has 0 spiro atoms. The Kier molecular flexibility index (Phi) is 4.07. The van der Waals surface area contributed by atoms with Crippen molar-refractivity contribution in [2.45, 2.75) is 51.2 Å². The highest BCUT2D eigenvalue weighted by Gasteiger charge is 2.30. The van der Waals surface area contributed by atoms with E-state index in [0.717, 1.165) is 24.1 Å². The zero-order chi connectivity index (χ0) is 15.8. The van der Waals surface area contributed by atoms with E-state index < -0.39 is 0 Å². The van der Waals surface area contributed by atoms with Gasteiger partial charge in [-0.3, -0.25) is 9.47 Å². The van der Waals surface area contributed by atoms with Gasteiger partial charge in [0.1, 0.15) is 11.3 Å². The molecule has 0 bridgehead atoms.